The van der Waals surface area contributed by atoms with Crippen LogP contribution in [-0.2, 0) is 11.2 Å². The van der Waals surface area contributed by atoms with Crippen LogP contribution in [0.3, 0.4) is 0 Å². The van der Waals surface area contributed by atoms with Crippen molar-refractivity contribution in [2.45, 2.75) is 26.2 Å². The van der Waals surface area contributed by atoms with Crippen molar-refractivity contribution >= 4 is 17.2 Å². The topological polar surface area (TPSA) is 20.3 Å². The lowest BCUT2D eigenvalue weighted by molar-refractivity contribution is -0.132. The van der Waals surface area contributed by atoms with Gasteiger partial charge in [0.1, 0.15) is 0 Å². The maximum Gasteiger partial charge on any atom is 0.227 e. The lowest BCUT2D eigenvalue weighted by Gasteiger charge is -2.30. The molecule has 0 unspecified atom stereocenters. The highest BCUT2D eigenvalue weighted by molar-refractivity contribution is 7.10. The van der Waals surface area contributed by atoms with Gasteiger partial charge in [-0.1, -0.05) is 13.0 Å². The highest BCUT2D eigenvalue weighted by atomic mass is 32.1. The van der Waals surface area contributed by atoms with Gasteiger partial charge in [0.25, 0.3) is 0 Å². The molecule has 1 aromatic rings. The average molecular weight is 223 g/mol. The van der Waals surface area contributed by atoms with Gasteiger partial charge < -0.3 is 4.90 Å². The number of carbonyl (C=O) groups excluding carboxylic acids is 1. The third kappa shape index (κ3) is 2.81. The summed E-state index contributed by atoms with van der Waals surface area (Å²) in [5.74, 6) is 0.968. The van der Waals surface area contributed by atoms with Gasteiger partial charge in [-0.2, -0.15) is 0 Å². The fourth-order valence-corrected chi connectivity index (χ4v) is 2.79. The van der Waals surface area contributed by atoms with Gasteiger partial charge in [-0.3, -0.25) is 4.79 Å². The fourth-order valence-electron chi connectivity index (χ4n) is 2.09. The molecule has 2 heterocycles. The van der Waals surface area contributed by atoms with Crippen LogP contribution in [0.1, 0.15) is 24.6 Å². The first-order chi connectivity index (χ1) is 7.25. The molecule has 3 heteroatoms. The monoisotopic (exact) mass is 223 g/mol. The number of likely N-dealkylation sites (tertiary alicyclic amines) is 1. The molecule has 0 saturated carbocycles. The number of piperidine rings is 1. The summed E-state index contributed by atoms with van der Waals surface area (Å²) in [7, 11) is 0. The first-order valence-corrected chi connectivity index (χ1v) is 6.44. The SMILES string of the molecule is C[C@H]1CCCN(C(=O)Cc2cccs2)C1. The van der Waals surface area contributed by atoms with E-state index in [1.165, 1.54) is 11.3 Å². The summed E-state index contributed by atoms with van der Waals surface area (Å²) in [6, 6.07) is 4.04. The average Bonchev–Trinajstić information content (AvgIpc) is 2.70. The largest absolute Gasteiger partial charge is 0.342 e. The van der Waals surface area contributed by atoms with E-state index in [4.69, 9.17) is 0 Å². The maximum atomic E-state index is 11.9. The third-order valence-electron chi connectivity index (χ3n) is 2.92. The molecule has 2 rings (SSSR count). The number of rotatable bonds is 2. The van der Waals surface area contributed by atoms with Crippen molar-refractivity contribution in [3.63, 3.8) is 0 Å². The molecule has 1 aromatic heterocycles. The Kier molecular flexibility index (Phi) is 3.41. The molecule has 1 amide bonds. The predicted molar refractivity (Wildman–Crippen MR) is 63.0 cm³/mol. The van der Waals surface area contributed by atoms with E-state index >= 15 is 0 Å². The molecule has 0 spiro atoms. The van der Waals surface area contributed by atoms with Crippen LogP contribution in [0.15, 0.2) is 17.5 Å². The molecular formula is C12H17NOS. The number of nitrogens with zero attached hydrogens (tertiary/aromatic N) is 1. The normalized spacial score (nSPS) is 21.7. The maximum absolute atomic E-state index is 11.9. The Morgan fingerprint density at radius 3 is 3.20 bits per heavy atom. The summed E-state index contributed by atoms with van der Waals surface area (Å²) in [5, 5.41) is 2.03. The molecular weight excluding hydrogens is 206 g/mol. The fraction of sp³-hybridized carbons (Fsp3) is 0.583. The second-order valence-electron chi connectivity index (χ2n) is 4.34. The van der Waals surface area contributed by atoms with Crippen LogP contribution < -0.4 is 0 Å². The Bertz CT molecular complexity index is 320. The van der Waals surface area contributed by atoms with Crippen molar-refractivity contribution in [1.82, 2.24) is 4.90 Å². The minimum Gasteiger partial charge on any atom is -0.342 e. The molecule has 0 bridgehead atoms. The lowest BCUT2D eigenvalue weighted by atomic mass is 10.00. The molecule has 0 aliphatic carbocycles. The summed E-state index contributed by atoms with van der Waals surface area (Å²) in [4.78, 5) is 15.1. The summed E-state index contributed by atoms with van der Waals surface area (Å²) >= 11 is 1.67. The van der Waals surface area contributed by atoms with E-state index in [0.29, 0.717) is 18.2 Å². The standard InChI is InChI=1S/C12H17NOS/c1-10-4-2-6-13(9-10)12(14)8-11-5-3-7-15-11/h3,5,7,10H,2,4,6,8-9H2,1H3/t10-/m0/s1. The number of amides is 1. The van der Waals surface area contributed by atoms with E-state index in [1.54, 1.807) is 11.3 Å². The van der Waals surface area contributed by atoms with Crippen molar-refractivity contribution in [3.8, 4) is 0 Å². The Labute approximate surface area is 94.9 Å². The van der Waals surface area contributed by atoms with Crippen LogP contribution in [0.25, 0.3) is 0 Å². The van der Waals surface area contributed by atoms with E-state index in [-0.39, 0.29) is 0 Å². The molecule has 1 atom stereocenters. The van der Waals surface area contributed by atoms with Gasteiger partial charge in [0.05, 0.1) is 6.42 Å². The van der Waals surface area contributed by atoms with Crippen molar-refractivity contribution < 1.29 is 4.79 Å². The van der Waals surface area contributed by atoms with Crippen LogP contribution >= 0.6 is 11.3 Å². The minimum absolute atomic E-state index is 0.295. The lowest BCUT2D eigenvalue weighted by Crippen LogP contribution is -2.39. The third-order valence-corrected chi connectivity index (χ3v) is 3.79. The molecule has 2 nitrogen and oxygen atoms in total. The zero-order valence-electron chi connectivity index (χ0n) is 9.11. The van der Waals surface area contributed by atoms with E-state index < -0.39 is 0 Å². The summed E-state index contributed by atoms with van der Waals surface area (Å²) < 4.78 is 0. The first-order valence-electron chi connectivity index (χ1n) is 5.56. The van der Waals surface area contributed by atoms with Crippen molar-refractivity contribution in [2.75, 3.05) is 13.1 Å². The van der Waals surface area contributed by atoms with Crippen LogP contribution in [0.4, 0.5) is 0 Å². The number of carbonyl (C=O) groups is 1. The smallest absolute Gasteiger partial charge is 0.227 e. The zero-order valence-corrected chi connectivity index (χ0v) is 9.93. The van der Waals surface area contributed by atoms with E-state index in [9.17, 15) is 4.79 Å². The second-order valence-corrected chi connectivity index (χ2v) is 5.38. The Morgan fingerprint density at radius 2 is 2.53 bits per heavy atom. The molecule has 1 aliphatic heterocycles. The first kappa shape index (κ1) is 10.7. The molecule has 1 fully saturated rings. The number of thiophene rings is 1. The highest BCUT2D eigenvalue weighted by Gasteiger charge is 2.20. The second kappa shape index (κ2) is 4.79. The summed E-state index contributed by atoms with van der Waals surface area (Å²) in [6.45, 7) is 4.13. The number of hydrogen-bond acceptors (Lipinski definition) is 2. The van der Waals surface area contributed by atoms with Crippen LogP contribution in [-0.4, -0.2) is 23.9 Å². The van der Waals surface area contributed by atoms with E-state index in [2.05, 4.69) is 6.92 Å². The highest BCUT2D eigenvalue weighted by Crippen LogP contribution is 2.17. The summed E-state index contributed by atoms with van der Waals surface area (Å²) in [5.41, 5.74) is 0. The van der Waals surface area contributed by atoms with Gasteiger partial charge in [0.15, 0.2) is 0 Å². The molecule has 0 aromatic carbocycles. The minimum atomic E-state index is 0.295. The van der Waals surface area contributed by atoms with E-state index in [1.807, 2.05) is 22.4 Å². The molecule has 82 valence electrons. The van der Waals surface area contributed by atoms with Gasteiger partial charge in [-0.15, -0.1) is 11.3 Å². The van der Waals surface area contributed by atoms with Gasteiger partial charge in [-0.25, -0.2) is 0 Å². The number of hydrogen-bond donors (Lipinski definition) is 0. The molecule has 0 radical (unpaired) electrons. The Morgan fingerprint density at radius 1 is 1.67 bits per heavy atom. The van der Waals surface area contributed by atoms with Crippen LogP contribution in [0.5, 0.6) is 0 Å². The molecule has 1 saturated heterocycles. The van der Waals surface area contributed by atoms with E-state index in [0.717, 1.165) is 19.5 Å². The van der Waals surface area contributed by atoms with Gasteiger partial charge in [0.2, 0.25) is 5.91 Å². The Balaban J connectivity index is 1.90. The van der Waals surface area contributed by atoms with Crippen LogP contribution in [0.2, 0.25) is 0 Å². The van der Waals surface area contributed by atoms with Gasteiger partial charge in [0, 0.05) is 18.0 Å². The molecule has 0 N–H and O–H groups in total. The quantitative estimate of drug-likeness (QED) is 0.754. The van der Waals surface area contributed by atoms with Crippen molar-refractivity contribution in [1.29, 1.82) is 0 Å². The Hall–Kier alpha value is -0.830. The summed E-state index contributed by atoms with van der Waals surface area (Å²) in [6.07, 6.45) is 3.02. The van der Waals surface area contributed by atoms with Crippen molar-refractivity contribution in [2.24, 2.45) is 5.92 Å². The zero-order chi connectivity index (χ0) is 10.7. The molecule has 15 heavy (non-hydrogen) atoms. The van der Waals surface area contributed by atoms with Gasteiger partial charge >= 0.3 is 0 Å². The predicted octanol–water partition coefficient (Wildman–Crippen LogP) is 2.55. The van der Waals surface area contributed by atoms with Crippen molar-refractivity contribution in [3.05, 3.63) is 22.4 Å². The van der Waals surface area contributed by atoms with Gasteiger partial charge in [-0.05, 0) is 30.2 Å². The van der Waals surface area contributed by atoms with Crippen LogP contribution in [0, 0.1) is 5.92 Å². The molecule has 1 aliphatic rings.